The average molecular weight is 634 g/mol. The first-order valence-corrected chi connectivity index (χ1v) is 16.9. The molecule has 44 heavy (non-hydrogen) atoms. The minimum atomic E-state index is -0.614. The smallest absolute Gasteiger partial charge is 0.407 e. The first-order valence-electron chi connectivity index (χ1n) is 15.3. The molecule has 1 atom stereocenters. The van der Waals surface area contributed by atoms with E-state index in [1.807, 2.05) is 26.2 Å². The van der Waals surface area contributed by atoms with Crippen molar-refractivity contribution in [3.8, 4) is 32.0 Å². The number of benzene rings is 2. The maximum absolute atomic E-state index is 13.3. The Morgan fingerprint density at radius 2 is 1.27 bits per heavy atom. The molecule has 0 fully saturated rings. The standard InChI is InChI=1S/C34H43N5O3S2/c1-6-9-28(37-34(41)42-5)33(40)39(19-8-3)23-32-36-21-30(44-32)27-16-12-25(13-17-27)24-10-14-26(15-11-24)29-20-35-31(43-29)22-38(4)18-7-2/h10-17,20-21,28H,6-9,18-19,22-23H2,1-5H3,(H,37,41)/t28-/m0/s1. The Labute approximate surface area is 269 Å². The van der Waals surface area contributed by atoms with Crippen molar-refractivity contribution in [3.63, 3.8) is 0 Å². The molecule has 0 aliphatic carbocycles. The molecule has 2 amide bonds. The first-order chi connectivity index (χ1) is 21.3. The van der Waals surface area contributed by atoms with Gasteiger partial charge in [0, 0.05) is 18.9 Å². The molecular weight excluding hydrogens is 591 g/mol. The van der Waals surface area contributed by atoms with Gasteiger partial charge in [-0.05, 0) is 55.1 Å². The Kier molecular flexibility index (Phi) is 12.5. The molecule has 0 aliphatic rings. The molecular formula is C34H43N5O3S2. The second kappa shape index (κ2) is 16.5. The summed E-state index contributed by atoms with van der Waals surface area (Å²) in [5.74, 6) is -0.110. The number of rotatable bonds is 15. The van der Waals surface area contributed by atoms with Gasteiger partial charge in [-0.1, -0.05) is 75.7 Å². The highest BCUT2D eigenvalue weighted by molar-refractivity contribution is 7.15. The maximum atomic E-state index is 13.3. The average Bonchev–Trinajstić information content (AvgIpc) is 3.70. The van der Waals surface area contributed by atoms with E-state index in [0.717, 1.165) is 63.9 Å². The van der Waals surface area contributed by atoms with Crippen LogP contribution in [-0.4, -0.2) is 65.1 Å². The van der Waals surface area contributed by atoms with Crippen LogP contribution >= 0.6 is 22.7 Å². The molecule has 8 nitrogen and oxygen atoms in total. The molecule has 4 rings (SSSR count). The lowest BCUT2D eigenvalue weighted by molar-refractivity contribution is -0.134. The van der Waals surface area contributed by atoms with Crippen LogP contribution < -0.4 is 5.32 Å². The predicted molar refractivity (Wildman–Crippen MR) is 181 cm³/mol. The van der Waals surface area contributed by atoms with E-state index in [1.165, 1.54) is 17.6 Å². The number of ether oxygens (including phenoxy) is 1. The summed E-state index contributed by atoms with van der Waals surface area (Å²) in [5.41, 5.74) is 4.58. The summed E-state index contributed by atoms with van der Waals surface area (Å²) in [7, 11) is 3.44. The minimum absolute atomic E-state index is 0.110. The summed E-state index contributed by atoms with van der Waals surface area (Å²) >= 11 is 3.34. The number of thiazole rings is 2. The summed E-state index contributed by atoms with van der Waals surface area (Å²) in [6.07, 6.45) is 6.53. The van der Waals surface area contributed by atoms with Crippen molar-refractivity contribution in [2.45, 2.75) is 65.6 Å². The number of alkyl carbamates (subject to hydrolysis) is 1. The third-order valence-electron chi connectivity index (χ3n) is 7.27. The third-order valence-corrected chi connectivity index (χ3v) is 9.34. The first kappa shape index (κ1) is 33.3. The molecule has 0 unspecified atom stereocenters. The fraction of sp³-hybridized carbons (Fsp3) is 0.412. The largest absolute Gasteiger partial charge is 0.453 e. The number of hydrogen-bond acceptors (Lipinski definition) is 8. The van der Waals surface area contributed by atoms with E-state index in [1.54, 1.807) is 27.6 Å². The molecule has 4 aromatic rings. The highest BCUT2D eigenvalue weighted by atomic mass is 32.1. The molecule has 0 aliphatic heterocycles. The molecule has 1 N–H and O–H groups in total. The Balaban J connectivity index is 1.41. The summed E-state index contributed by atoms with van der Waals surface area (Å²) in [5, 5.41) is 4.69. The van der Waals surface area contributed by atoms with E-state index in [-0.39, 0.29) is 5.91 Å². The fourth-order valence-corrected chi connectivity index (χ4v) is 6.99. The lowest BCUT2D eigenvalue weighted by Gasteiger charge is -2.26. The van der Waals surface area contributed by atoms with E-state index in [9.17, 15) is 9.59 Å². The van der Waals surface area contributed by atoms with Gasteiger partial charge in [0.05, 0.1) is 30.0 Å². The van der Waals surface area contributed by atoms with E-state index in [4.69, 9.17) is 4.74 Å². The predicted octanol–water partition coefficient (Wildman–Crippen LogP) is 7.71. The molecule has 0 saturated heterocycles. The van der Waals surface area contributed by atoms with Gasteiger partial charge in [0.15, 0.2) is 0 Å². The van der Waals surface area contributed by atoms with E-state index >= 15 is 0 Å². The Hall–Kier alpha value is -3.60. The van der Waals surface area contributed by atoms with Gasteiger partial charge in [-0.15, -0.1) is 22.7 Å². The van der Waals surface area contributed by atoms with Crippen molar-refractivity contribution in [2.24, 2.45) is 0 Å². The summed E-state index contributed by atoms with van der Waals surface area (Å²) in [6, 6.07) is 16.6. The third kappa shape index (κ3) is 8.97. The zero-order chi connectivity index (χ0) is 31.5. The van der Waals surface area contributed by atoms with Crippen LogP contribution in [0, 0.1) is 0 Å². The molecule has 2 heterocycles. The highest BCUT2D eigenvalue weighted by Crippen LogP contribution is 2.32. The quantitative estimate of drug-likeness (QED) is 0.144. The molecule has 0 spiro atoms. The van der Waals surface area contributed by atoms with Crippen molar-refractivity contribution in [3.05, 3.63) is 70.9 Å². The number of carbonyl (C=O) groups excluding carboxylic acids is 2. The zero-order valence-corrected chi connectivity index (χ0v) is 28.0. The van der Waals surface area contributed by atoms with Crippen molar-refractivity contribution < 1.29 is 14.3 Å². The van der Waals surface area contributed by atoms with Gasteiger partial charge in [-0.2, -0.15) is 0 Å². The van der Waals surface area contributed by atoms with Crippen molar-refractivity contribution in [1.29, 1.82) is 0 Å². The van der Waals surface area contributed by atoms with Crippen molar-refractivity contribution >= 4 is 34.7 Å². The van der Waals surface area contributed by atoms with E-state index in [0.29, 0.717) is 19.5 Å². The van der Waals surface area contributed by atoms with Crippen LogP contribution in [0.5, 0.6) is 0 Å². The van der Waals surface area contributed by atoms with E-state index < -0.39 is 12.1 Å². The van der Waals surface area contributed by atoms with Crippen LogP contribution in [0.15, 0.2) is 60.9 Å². The topological polar surface area (TPSA) is 87.7 Å². The monoisotopic (exact) mass is 633 g/mol. The summed E-state index contributed by atoms with van der Waals surface area (Å²) in [6.45, 7) is 9.17. The molecule has 2 aromatic carbocycles. The molecule has 0 radical (unpaired) electrons. The number of nitrogens with one attached hydrogen (secondary N) is 1. The van der Waals surface area contributed by atoms with Crippen LogP contribution in [-0.2, 0) is 22.6 Å². The van der Waals surface area contributed by atoms with Crippen LogP contribution in [0.4, 0.5) is 4.79 Å². The molecule has 10 heteroatoms. The molecule has 2 aromatic heterocycles. The van der Waals surface area contributed by atoms with Crippen molar-refractivity contribution in [1.82, 2.24) is 25.1 Å². The zero-order valence-electron chi connectivity index (χ0n) is 26.3. The van der Waals surface area contributed by atoms with Crippen molar-refractivity contribution in [2.75, 3.05) is 27.2 Å². The number of methoxy groups -OCH3 is 1. The Bertz CT molecular complexity index is 1480. The second-order valence-corrected chi connectivity index (χ2v) is 13.1. The summed E-state index contributed by atoms with van der Waals surface area (Å²) < 4.78 is 4.73. The van der Waals surface area contributed by atoms with Crippen LogP contribution in [0.2, 0.25) is 0 Å². The van der Waals surface area contributed by atoms with Crippen LogP contribution in [0.1, 0.15) is 56.5 Å². The molecule has 0 saturated carbocycles. The normalized spacial score (nSPS) is 11.9. The number of amides is 2. The Morgan fingerprint density at radius 1 is 0.773 bits per heavy atom. The van der Waals surface area contributed by atoms with Gasteiger partial charge < -0.3 is 15.0 Å². The van der Waals surface area contributed by atoms with Gasteiger partial charge >= 0.3 is 6.09 Å². The van der Waals surface area contributed by atoms with E-state index in [2.05, 4.69) is 82.7 Å². The van der Waals surface area contributed by atoms with Gasteiger partial charge in [0.1, 0.15) is 16.1 Å². The van der Waals surface area contributed by atoms with Gasteiger partial charge in [-0.3, -0.25) is 9.69 Å². The van der Waals surface area contributed by atoms with Gasteiger partial charge in [0.2, 0.25) is 5.91 Å². The maximum Gasteiger partial charge on any atom is 0.407 e. The number of aromatic nitrogens is 2. The number of hydrogen-bond donors (Lipinski definition) is 1. The minimum Gasteiger partial charge on any atom is -0.453 e. The molecule has 0 bridgehead atoms. The number of nitrogens with zero attached hydrogens (tertiary/aromatic N) is 4. The van der Waals surface area contributed by atoms with Crippen LogP contribution in [0.3, 0.4) is 0 Å². The van der Waals surface area contributed by atoms with Gasteiger partial charge in [-0.25, -0.2) is 14.8 Å². The number of carbonyl (C=O) groups is 2. The molecule has 234 valence electrons. The SMILES string of the molecule is CCC[C@H](NC(=O)OC)C(=O)N(CCC)Cc1ncc(-c2ccc(-c3ccc(-c4cnc(CN(C)CCC)s4)cc3)cc2)s1. The highest BCUT2D eigenvalue weighted by Gasteiger charge is 2.26. The lowest BCUT2D eigenvalue weighted by atomic mass is 10.0. The second-order valence-electron chi connectivity index (χ2n) is 10.9. The van der Waals surface area contributed by atoms with Gasteiger partial charge in [0.25, 0.3) is 0 Å². The van der Waals surface area contributed by atoms with Crippen LogP contribution in [0.25, 0.3) is 32.0 Å². The lowest BCUT2D eigenvalue weighted by Crippen LogP contribution is -2.48. The Morgan fingerprint density at radius 3 is 1.75 bits per heavy atom. The fourth-order valence-electron chi connectivity index (χ4n) is 5.05. The summed E-state index contributed by atoms with van der Waals surface area (Å²) in [4.78, 5) is 40.7.